The van der Waals surface area contributed by atoms with Crippen molar-refractivity contribution in [1.82, 2.24) is 20.4 Å². The van der Waals surface area contributed by atoms with Crippen LogP contribution in [0.4, 0.5) is 0 Å². The number of rotatable bonds is 7. The zero-order valence-electron chi connectivity index (χ0n) is 19.6. The van der Waals surface area contributed by atoms with E-state index < -0.39 is 35.2 Å². The van der Waals surface area contributed by atoms with Crippen LogP contribution in [0.15, 0.2) is 58.3 Å². The van der Waals surface area contributed by atoms with E-state index in [9.17, 15) is 24.6 Å². The minimum Gasteiger partial charge on any atom is -0.508 e. The molecule has 37 heavy (non-hydrogen) atoms. The van der Waals surface area contributed by atoms with Crippen LogP contribution in [0.2, 0.25) is 0 Å². The van der Waals surface area contributed by atoms with Gasteiger partial charge in [0.25, 0.3) is 5.91 Å². The number of benzene rings is 1. The normalized spacial score (nSPS) is 24.7. The molecule has 2 unspecified atom stereocenters. The third-order valence-electron chi connectivity index (χ3n) is 6.45. The molecule has 1 aromatic heterocycles. The lowest BCUT2D eigenvalue weighted by molar-refractivity contribution is -0.151. The number of thiocarbonyl (C=S) groups is 1. The molecule has 13 heteroatoms. The molecule has 4 N–H and O–H groups in total. The van der Waals surface area contributed by atoms with E-state index in [0.29, 0.717) is 39.3 Å². The van der Waals surface area contributed by atoms with E-state index >= 15 is 0 Å². The fraction of sp³-hybridized carbons (Fsp3) is 0.333. The maximum absolute atomic E-state index is 13.8. The highest BCUT2D eigenvalue weighted by atomic mass is 32.2. The zero-order chi connectivity index (χ0) is 26.3. The molecule has 2 aromatic rings. The van der Waals surface area contributed by atoms with Gasteiger partial charge in [-0.15, -0.1) is 11.8 Å². The Morgan fingerprint density at radius 1 is 1.30 bits per heavy atom. The highest BCUT2D eigenvalue weighted by Crippen LogP contribution is 2.40. The van der Waals surface area contributed by atoms with Crippen LogP contribution in [0.5, 0.6) is 5.75 Å². The highest BCUT2D eigenvalue weighted by Gasteiger charge is 2.54. The molecular weight excluding hydrogens is 536 g/mol. The lowest BCUT2D eigenvalue weighted by Gasteiger charge is -2.50. The number of carbonyl (C=O) groups is 3. The lowest BCUT2D eigenvalue weighted by atomic mass is 9.99. The van der Waals surface area contributed by atoms with Crippen LogP contribution >= 0.6 is 35.7 Å². The summed E-state index contributed by atoms with van der Waals surface area (Å²) in [5.74, 6) is -0.374. The summed E-state index contributed by atoms with van der Waals surface area (Å²) in [4.78, 5) is 41.8. The number of aromatic hydroxyl groups is 1. The zero-order valence-corrected chi connectivity index (χ0v) is 22.1. The molecule has 4 heterocycles. The molecule has 3 aliphatic rings. The Kier molecular flexibility index (Phi) is 7.21. The number of thioether (sulfide) groups is 2. The Morgan fingerprint density at radius 2 is 2.05 bits per heavy atom. The molecule has 0 bridgehead atoms. The fourth-order valence-corrected chi connectivity index (χ4v) is 7.09. The maximum Gasteiger partial charge on any atom is 0.352 e. The van der Waals surface area contributed by atoms with Gasteiger partial charge < -0.3 is 25.3 Å². The van der Waals surface area contributed by atoms with Crippen molar-refractivity contribution in [2.75, 3.05) is 11.6 Å². The largest absolute Gasteiger partial charge is 0.508 e. The Bertz CT molecular complexity index is 1270. The second kappa shape index (κ2) is 10.4. The van der Waals surface area contributed by atoms with Gasteiger partial charge in [-0.25, -0.2) is 4.79 Å². The number of phenolic OH excluding ortho intramolecular Hbond substituents is 1. The Labute approximate surface area is 226 Å². The summed E-state index contributed by atoms with van der Waals surface area (Å²) in [6.45, 7) is 1.69. The molecule has 0 aliphatic carbocycles. The molecule has 0 saturated carbocycles. The molecule has 5 rings (SSSR count). The minimum atomic E-state index is -1.16. The number of carboxylic acid groups (broad SMARTS) is 1. The number of furan rings is 1. The summed E-state index contributed by atoms with van der Waals surface area (Å²) < 4.78 is 6.13. The van der Waals surface area contributed by atoms with Crippen molar-refractivity contribution < 1.29 is 29.0 Å². The van der Waals surface area contributed by atoms with Gasteiger partial charge in [0.05, 0.1) is 18.3 Å². The average molecular weight is 561 g/mol. The van der Waals surface area contributed by atoms with E-state index in [2.05, 4.69) is 10.6 Å². The van der Waals surface area contributed by atoms with E-state index in [1.54, 1.807) is 31.4 Å². The van der Waals surface area contributed by atoms with Gasteiger partial charge in [0.15, 0.2) is 0 Å². The Balaban J connectivity index is 1.42. The third-order valence-corrected chi connectivity index (χ3v) is 9.16. The van der Waals surface area contributed by atoms with Crippen molar-refractivity contribution in [3.63, 3.8) is 0 Å². The highest BCUT2D eigenvalue weighted by molar-refractivity contribution is 8.23. The number of carboxylic acids is 1. The van der Waals surface area contributed by atoms with E-state index in [4.69, 9.17) is 16.6 Å². The van der Waals surface area contributed by atoms with Crippen molar-refractivity contribution in [3.05, 3.63) is 65.3 Å². The summed E-state index contributed by atoms with van der Waals surface area (Å²) in [6.07, 6.45) is 1.65. The molecule has 3 aliphatic heterocycles. The third kappa shape index (κ3) is 4.96. The topological polar surface area (TPSA) is 135 Å². The maximum atomic E-state index is 13.8. The predicted octanol–water partition coefficient (Wildman–Crippen LogP) is 2.23. The number of carbonyl (C=O) groups excluding carboxylic acids is 2. The molecule has 194 valence electrons. The molecule has 10 nitrogen and oxygen atoms in total. The van der Waals surface area contributed by atoms with Gasteiger partial charge in [0.2, 0.25) is 5.91 Å². The number of aliphatic carboxylic acids is 1. The number of hydrogen-bond donors (Lipinski definition) is 4. The standard InChI is InChI=1S/C24H24N4O6S3/c1-12-10-36-22-17(21(31)28(22)18(12)23(32)33)26-20(30)19(13-4-6-14(29)7-5-13)27-11-37-24(35)25-16(27)9-15-3-2-8-34-15/h2-8,16-17,19,22,29H,9-11H2,1H3,(H,25,35)(H,26,30)(H,32,33)/t16?,17-,19?,22-/m1/s1. The SMILES string of the molecule is CC1=C(C(=O)O)N2C(=O)[C@@H](NC(=O)C(c3ccc(O)cc3)N3CSC(=S)NC3Cc3ccco3)[C@H]2SC1. The molecule has 2 amide bonds. The van der Waals surface area contributed by atoms with E-state index in [0.717, 1.165) is 0 Å². The molecule has 1 aromatic carbocycles. The molecule has 4 atom stereocenters. The minimum absolute atomic E-state index is 0.0158. The number of nitrogens with one attached hydrogen (secondary N) is 2. The quantitative estimate of drug-likeness (QED) is 0.293. The first-order valence-corrected chi connectivity index (χ1v) is 13.9. The van der Waals surface area contributed by atoms with E-state index in [1.165, 1.54) is 40.6 Å². The first kappa shape index (κ1) is 25.6. The first-order valence-electron chi connectivity index (χ1n) is 11.4. The fourth-order valence-electron chi connectivity index (χ4n) is 4.68. The van der Waals surface area contributed by atoms with Gasteiger partial charge in [-0.1, -0.05) is 36.1 Å². The van der Waals surface area contributed by atoms with Crippen LogP contribution in [-0.2, 0) is 20.8 Å². The van der Waals surface area contributed by atoms with Gasteiger partial charge in [-0.2, -0.15) is 0 Å². The van der Waals surface area contributed by atoms with Gasteiger partial charge >= 0.3 is 5.97 Å². The summed E-state index contributed by atoms with van der Waals surface area (Å²) in [5, 5.41) is 25.1. The van der Waals surface area contributed by atoms with Crippen molar-refractivity contribution in [1.29, 1.82) is 0 Å². The van der Waals surface area contributed by atoms with E-state index in [-0.39, 0.29) is 17.6 Å². The summed E-state index contributed by atoms with van der Waals surface area (Å²) in [7, 11) is 0. The molecule has 2 fully saturated rings. The molecule has 2 saturated heterocycles. The molecule has 0 spiro atoms. The summed E-state index contributed by atoms with van der Waals surface area (Å²) >= 11 is 8.20. The lowest BCUT2D eigenvalue weighted by Crippen LogP contribution is -2.71. The Morgan fingerprint density at radius 3 is 2.73 bits per heavy atom. The first-order chi connectivity index (χ1) is 17.7. The van der Waals surface area contributed by atoms with Crippen molar-refractivity contribution >= 4 is 57.8 Å². The van der Waals surface area contributed by atoms with Crippen LogP contribution in [0.3, 0.4) is 0 Å². The molecule has 0 radical (unpaired) electrons. The predicted molar refractivity (Wildman–Crippen MR) is 142 cm³/mol. The van der Waals surface area contributed by atoms with E-state index in [1.807, 2.05) is 11.0 Å². The average Bonchev–Trinajstić information content (AvgIpc) is 3.38. The van der Waals surface area contributed by atoms with Gasteiger partial charge in [-0.3, -0.25) is 19.4 Å². The van der Waals surface area contributed by atoms with Crippen molar-refractivity contribution in [2.45, 2.75) is 37.0 Å². The second-order valence-corrected chi connectivity index (χ2v) is 11.6. The Hall–Kier alpha value is -3.00. The number of fused-ring (bicyclic) bond motifs is 1. The number of phenols is 1. The van der Waals surface area contributed by atoms with Gasteiger partial charge in [0.1, 0.15) is 39.0 Å². The van der Waals surface area contributed by atoms with Crippen LogP contribution in [0, 0.1) is 0 Å². The van der Waals surface area contributed by atoms with Gasteiger partial charge in [0, 0.05) is 12.2 Å². The number of nitrogens with zero attached hydrogens (tertiary/aromatic N) is 2. The van der Waals surface area contributed by atoms with Crippen LogP contribution in [-0.4, -0.2) is 71.3 Å². The summed E-state index contributed by atoms with van der Waals surface area (Å²) in [6, 6.07) is 8.30. The monoisotopic (exact) mass is 560 g/mol. The molecular formula is C24H24N4O6S3. The number of amides is 2. The van der Waals surface area contributed by atoms with Crippen molar-refractivity contribution in [3.8, 4) is 5.75 Å². The number of hydrogen-bond acceptors (Lipinski definition) is 9. The van der Waals surface area contributed by atoms with Crippen molar-refractivity contribution in [2.24, 2.45) is 0 Å². The van der Waals surface area contributed by atoms with Crippen LogP contribution in [0.25, 0.3) is 0 Å². The van der Waals surface area contributed by atoms with Gasteiger partial charge in [-0.05, 0) is 42.3 Å². The number of β-lactam (4-membered cyclic amide) rings is 1. The van der Waals surface area contributed by atoms with Crippen LogP contribution in [0.1, 0.15) is 24.3 Å². The second-order valence-electron chi connectivity index (χ2n) is 8.84. The summed E-state index contributed by atoms with van der Waals surface area (Å²) in [5.41, 5.74) is 1.22. The van der Waals surface area contributed by atoms with Crippen LogP contribution < -0.4 is 10.6 Å². The smallest absolute Gasteiger partial charge is 0.352 e.